The third-order valence-electron chi connectivity index (χ3n) is 3.79. The van der Waals surface area contributed by atoms with Crippen LogP contribution >= 0.6 is 0 Å². The molecule has 0 bridgehead atoms. The van der Waals surface area contributed by atoms with Gasteiger partial charge in [-0.15, -0.1) is 0 Å². The fraction of sp³-hybridized carbons (Fsp3) is 0.917. The van der Waals surface area contributed by atoms with Crippen LogP contribution in [0.5, 0.6) is 0 Å². The molecule has 1 atom stereocenters. The molecule has 0 aromatic carbocycles. The molecule has 1 N–H and O–H groups in total. The molecule has 1 heterocycles. The summed E-state index contributed by atoms with van der Waals surface area (Å²) in [6.07, 6.45) is 5.05. The Kier molecular flexibility index (Phi) is 4.14. The molecule has 0 aromatic rings. The van der Waals surface area contributed by atoms with Gasteiger partial charge in [-0.2, -0.15) is 0 Å². The molecule has 1 aliphatic heterocycles. The molecular weight excluding hydrogens is 190 g/mol. The number of hydrogen-bond donors (Lipinski definition) is 1. The van der Waals surface area contributed by atoms with E-state index in [1.807, 2.05) is 6.92 Å². The number of rotatable bonds is 4. The zero-order chi connectivity index (χ0) is 11.5. The van der Waals surface area contributed by atoms with Crippen molar-refractivity contribution in [1.29, 1.82) is 0 Å². The molecule has 3 heteroatoms. The zero-order valence-corrected chi connectivity index (χ0v) is 10.1. The lowest BCUT2D eigenvalue weighted by Crippen LogP contribution is -2.58. The highest BCUT2D eigenvalue weighted by Gasteiger charge is 2.43. The van der Waals surface area contributed by atoms with Gasteiger partial charge in [-0.3, -0.25) is 9.69 Å². The van der Waals surface area contributed by atoms with E-state index >= 15 is 0 Å². The van der Waals surface area contributed by atoms with Crippen LogP contribution in [0.4, 0.5) is 0 Å². The number of aliphatic carboxylic acids is 1. The van der Waals surface area contributed by atoms with E-state index in [9.17, 15) is 9.90 Å². The number of carbonyl (C=O) groups is 1. The Morgan fingerprint density at radius 3 is 2.47 bits per heavy atom. The first-order valence-corrected chi connectivity index (χ1v) is 6.06. The topological polar surface area (TPSA) is 40.5 Å². The number of carboxylic acid groups (broad SMARTS) is 1. The zero-order valence-electron chi connectivity index (χ0n) is 10.1. The molecule has 1 rings (SSSR count). The van der Waals surface area contributed by atoms with Crippen molar-refractivity contribution in [2.24, 2.45) is 0 Å². The number of carboxylic acids is 1. The first-order valence-electron chi connectivity index (χ1n) is 6.06. The maximum absolute atomic E-state index is 11.4. The van der Waals surface area contributed by atoms with E-state index in [0.717, 1.165) is 38.6 Å². The van der Waals surface area contributed by atoms with Crippen LogP contribution in [0, 0.1) is 0 Å². The van der Waals surface area contributed by atoms with Crippen LogP contribution in [0.2, 0.25) is 0 Å². The molecule has 0 aromatic heterocycles. The van der Waals surface area contributed by atoms with E-state index in [-0.39, 0.29) is 0 Å². The first-order chi connectivity index (χ1) is 7.06. The SMILES string of the molecule is CCC(CC)N1CCCCC1(C)C(=O)O. The second-order valence-electron chi connectivity index (χ2n) is 4.70. The van der Waals surface area contributed by atoms with Gasteiger partial charge in [-0.25, -0.2) is 0 Å². The minimum Gasteiger partial charge on any atom is -0.480 e. The largest absolute Gasteiger partial charge is 0.480 e. The predicted octanol–water partition coefficient (Wildman–Crippen LogP) is 2.50. The summed E-state index contributed by atoms with van der Waals surface area (Å²) in [7, 11) is 0. The molecule has 15 heavy (non-hydrogen) atoms. The molecule has 0 radical (unpaired) electrons. The Morgan fingerprint density at radius 2 is 2.00 bits per heavy atom. The molecule has 0 spiro atoms. The summed E-state index contributed by atoms with van der Waals surface area (Å²) in [6.45, 7) is 7.11. The monoisotopic (exact) mass is 213 g/mol. The van der Waals surface area contributed by atoms with E-state index in [1.165, 1.54) is 0 Å². The fourth-order valence-corrected chi connectivity index (χ4v) is 2.69. The molecule has 88 valence electrons. The summed E-state index contributed by atoms with van der Waals surface area (Å²) < 4.78 is 0. The fourth-order valence-electron chi connectivity index (χ4n) is 2.69. The summed E-state index contributed by atoms with van der Waals surface area (Å²) in [5.41, 5.74) is -0.630. The van der Waals surface area contributed by atoms with Crippen molar-refractivity contribution in [3.8, 4) is 0 Å². The average molecular weight is 213 g/mol. The lowest BCUT2D eigenvalue weighted by atomic mass is 9.86. The van der Waals surface area contributed by atoms with Crippen LogP contribution in [0.3, 0.4) is 0 Å². The highest BCUT2D eigenvalue weighted by Crippen LogP contribution is 2.31. The van der Waals surface area contributed by atoms with Crippen molar-refractivity contribution in [2.45, 2.75) is 64.5 Å². The molecule has 3 nitrogen and oxygen atoms in total. The van der Waals surface area contributed by atoms with Gasteiger partial charge in [0.15, 0.2) is 0 Å². The van der Waals surface area contributed by atoms with Gasteiger partial charge < -0.3 is 5.11 Å². The van der Waals surface area contributed by atoms with Gasteiger partial charge in [-0.05, 0) is 45.6 Å². The van der Waals surface area contributed by atoms with E-state index in [0.29, 0.717) is 6.04 Å². The van der Waals surface area contributed by atoms with Crippen LogP contribution < -0.4 is 0 Å². The van der Waals surface area contributed by atoms with E-state index in [1.54, 1.807) is 0 Å². The van der Waals surface area contributed by atoms with Crippen molar-refractivity contribution >= 4 is 5.97 Å². The highest BCUT2D eigenvalue weighted by atomic mass is 16.4. The Hall–Kier alpha value is -0.570. The van der Waals surface area contributed by atoms with Gasteiger partial charge in [0.05, 0.1) is 0 Å². The average Bonchev–Trinajstić information content (AvgIpc) is 2.22. The lowest BCUT2D eigenvalue weighted by molar-refractivity contribution is -0.155. The third-order valence-corrected chi connectivity index (χ3v) is 3.79. The van der Waals surface area contributed by atoms with Gasteiger partial charge in [0, 0.05) is 6.04 Å². The molecule has 0 aliphatic carbocycles. The van der Waals surface area contributed by atoms with Gasteiger partial charge in [0.25, 0.3) is 0 Å². The molecular formula is C12H23NO2. The summed E-state index contributed by atoms with van der Waals surface area (Å²) in [5.74, 6) is -0.658. The number of hydrogen-bond acceptors (Lipinski definition) is 2. The minimum atomic E-state index is -0.658. The van der Waals surface area contributed by atoms with Crippen LogP contribution in [0.1, 0.15) is 52.9 Å². The van der Waals surface area contributed by atoms with Gasteiger partial charge in [-0.1, -0.05) is 13.8 Å². The van der Waals surface area contributed by atoms with Crippen molar-refractivity contribution in [3.63, 3.8) is 0 Å². The summed E-state index contributed by atoms with van der Waals surface area (Å²) in [5, 5.41) is 9.37. The Bertz CT molecular complexity index is 226. The lowest BCUT2D eigenvalue weighted by Gasteiger charge is -2.45. The second-order valence-corrected chi connectivity index (χ2v) is 4.70. The minimum absolute atomic E-state index is 0.423. The van der Waals surface area contributed by atoms with Crippen LogP contribution in [0.25, 0.3) is 0 Å². The molecule has 0 amide bonds. The quantitative estimate of drug-likeness (QED) is 0.780. The van der Waals surface area contributed by atoms with Crippen molar-refractivity contribution in [3.05, 3.63) is 0 Å². The predicted molar refractivity (Wildman–Crippen MR) is 61.0 cm³/mol. The Morgan fingerprint density at radius 1 is 1.40 bits per heavy atom. The number of piperidine rings is 1. The van der Waals surface area contributed by atoms with Crippen LogP contribution in [-0.4, -0.2) is 34.1 Å². The van der Waals surface area contributed by atoms with Crippen molar-refractivity contribution in [2.75, 3.05) is 6.54 Å². The summed E-state index contributed by atoms with van der Waals surface area (Å²) >= 11 is 0. The smallest absolute Gasteiger partial charge is 0.323 e. The maximum atomic E-state index is 11.4. The number of nitrogens with zero attached hydrogens (tertiary/aromatic N) is 1. The molecule has 1 unspecified atom stereocenters. The Balaban J connectivity index is 2.86. The summed E-state index contributed by atoms with van der Waals surface area (Å²) in [6, 6.07) is 0.423. The standard InChI is InChI=1S/C12H23NO2/c1-4-10(5-2)13-9-7-6-8-12(13,3)11(14)15/h10H,4-9H2,1-3H3,(H,14,15). The normalized spacial score (nSPS) is 28.3. The van der Waals surface area contributed by atoms with E-state index in [4.69, 9.17) is 0 Å². The molecule has 1 fully saturated rings. The summed E-state index contributed by atoms with van der Waals surface area (Å²) in [4.78, 5) is 13.6. The Labute approximate surface area is 92.5 Å². The molecule has 1 saturated heterocycles. The second kappa shape index (κ2) is 4.97. The van der Waals surface area contributed by atoms with Crippen molar-refractivity contribution in [1.82, 2.24) is 4.90 Å². The molecule has 1 aliphatic rings. The van der Waals surface area contributed by atoms with Gasteiger partial charge in [0.1, 0.15) is 5.54 Å². The first kappa shape index (κ1) is 12.5. The van der Waals surface area contributed by atoms with E-state index in [2.05, 4.69) is 18.7 Å². The van der Waals surface area contributed by atoms with Crippen LogP contribution in [0.15, 0.2) is 0 Å². The van der Waals surface area contributed by atoms with E-state index < -0.39 is 11.5 Å². The van der Waals surface area contributed by atoms with Crippen LogP contribution in [-0.2, 0) is 4.79 Å². The highest BCUT2D eigenvalue weighted by molar-refractivity contribution is 5.78. The number of likely N-dealkylation sites (tertiary alicyclic amines) is 1. The molecule has 0 saturated carbocycles. The van der Waals surface area contributed by atoms with Crippen molar-refractivity contribution < 1.29 is 9.90 Å². The maximum Gasteiger partial charge on any atom is 0.323 e. The van der Waals surface area contributed by atoms with Gasteiger partial charge >= 0.3 is 5.97 Å². The van der Waals surface area contributed by atoms with Gasteiger partial charge in [0.2, 0.25) is 0 Å². The third kappa shape index (κ3) is 2.33.